The molecule has 0 bridgehead atoms. The largest absolute Gasteiger partial charge is 0.342 e. The van der Waals surface area contributed by atoms with E-state index in [0.717, 1.165) is 0 Å². The van der Waals surface area contributed by atoms with Crippen LogP contribution in [0.5, 0.6) is 0 Å². The summed E-state index contributed by atoms with van der Waals surface area (Å²) in [5, 5.41) is 24.3. The molecule has 0 radical (unpaired) electrons. The second kappa shape index (κ2) is 5.51. The molecule has 1 amide bonds. The maximum absolute atomic E-state index is 12.2. The first kappa shape index (κ1) is 13.1. The van der Waals surface area contributed by atoms with E-state index in [-0.39, 0.29) is 11.9 Å². The maximum atomic E-state index is 12.2. The fourth-order valence-electron chi connectivity index (χ4n) is 1.66. The number of hydrogen-bond acceptors (Lipinski definition) is 6. The molecule has 100 valence electrons. The van der Waals surface area contributed by atoms with Crippen LogP contribution in [-0.4, -0.2) is 36.7 Å². The molecule has 0 saturated heterocycles. The summed E-state index contributed by atoms with van der Waals surface area (Å²) in [7, 11) is 0. The van der Waals surface area contributed by atoms with Crippen LogP contribution >= 0.6 is 0 Å². The van der Waals surface area contributed by atoms with Gasteiger partial charge in [0.2, 0.25) is 0 Å². The van der Waals surface area contributed by atoms with Crippen LogP contribution in [0.15, 0.2) is 6.07 Å². The quantitative estimate of drug-likeness (QED) is 0.822. The Bertz CT molecular complexity index is 566. The molecule has 8 nitrogen and oxygen atoms in total. The van der Waals surface area contributed by atoms with Crippen LogP contribution < -0.4 is 5.32 Å². The number of H-pyrrole nitrogens is 1. The summed E-state index contributed by atoms with van der Waals surface area (Å²) < 4.78 is 0. The Morgan fingerprint density at radius 2 is 2.21 bits per heavy atom. The Labute approximate surface area is 110 Å². The smallest absolute Gasteiger partial charge is 0.253 e. The van der Waals surface area contributed by atoms with E-state index in [9.17, 15) is 4.79 Å². The fourth-order valence-corrected chi connectivity index (χ4v) is 1.66. The Kier molecular flexibility index (Phi) is 3.79. The van der Waals surface area contributed by atoms with Crippen LogP contribution in [0.1, 0.15) is 47.5 Å². The number of aryl methyl sites for hydroxylation is 2. The van der Waals surface area contributed by atoms with Crippen LogP contribution in [-0.2, 0) is 6.42 Å². The van der Waals surface area contributed by atoms with Crippen molar-refractivity contribution in [2.24, 2.45) is 0 Å². The van der Waals surface area contributed by atoms with E-state index < -0.39 is 0 Å². The van der Waals surface area contributed by atoms with Gasteiger partial charge in [-0.2, -0.15) is 15.4 Å². The lowest BCUT2D eigenvalue weighted by molar-refractivity contribution is 0.0936. The van der Waals surface area contributed by atoms with Gasteiger partial charge in [0, 0.05) is 0 Å². The summed E-state index contributed by atoms with van der Waals surface area (Å²) in [5.41, 5.74) is 1.91. The first-order chi connectivity index (χ1) is 9.11. The molecule has 8 heteroatoms. The number of nitrogens with zero attached hydrogens (tertiary/aromatic N) is 5. The van der Waals surface area contributed by atoms with Crippen LogP contribution in [0.4, 0.5) is 0 Å². The first-order valence-corrected chi connectivity index (χ1v) is 5.99. The van der Waals surface area contributed by atoms with Gasteiger partial charge in [-0.05, 0) is 26.3 Å². The zero-order chi connectivity index (χ0) is 13.8. The monoisotopic (exact) mass is 261 g/mol. The second-order valence-corrected chi connectivity index (χ2v) is 4.16. The molecular weight excluding hydrogens is 246 g/mol. The fraction of sp³-hybridized carbons (Fsp3) is 0.455. The van der Waals surface area contributed by atoms with E-state index in [2.05, 4.69) is 36.1 Å². The zero-order valence-electron chi connectivity index (χ0n) is 11.0. The van der Waals surface area contributed by atoms with Crippen molar-refractivity contribution in [2.45, 2.75) is 33.2 Å². The molecule has 0 spiro atoms. The molecule has 0 aromatic carbocycles. The summed E-state index contributed by atoms with van der Waals surface area (Å²) in [6, 6.07) is 1.40. The van der Waals surface area contributed by atoms with Crippen LogP contribution in [0.3, 0.4) is 0 Å². The summed E-state index contributed by atoms with van der Waals surface area (Å²) in [5.74, 6) is 0.220. The van der Waals surface area contributed by atoms with Crippen molar-refractivity contribution in [3.8, 4) is 0 Å². The van der Waals surface area contributed by atoms with Gasteiger partial charge in [-0.15, -0.1) is 10.2 Å². The molecular formula is C11H15N7O. The minimum atomic E-state index is -0.329. The van der Waals surface area contributed by atoms with E-state index in [1.807, 2.05) is 6.92 Å². The number of aromatic nitrogens is 6. The first-order valence-electron chi connectivity index (χ1n) is 5.99. The average molecular weight is 261 g/mol. The van der Waals surface area contributed by atoms with Gasteiger partial charge in [-0.25, -0.2) is 0 Å². The molecule has 2 rings (SSSR count). The number of aromatic amines is 1. The van der Waals surface area contributed by atoms with Crippen molar-refractivity contribution < 1.29 is 4.79 Å². The second-order valence-electron chi connectivity index (χ2n) is 4.16. The number of hydrogen-bond donors (Lipinski definition) is 2. The van der Waals surface area contributed by atoms with E-state index in [1.165, 1.54) is 0 Å². The van der Waals surface area contributed by atoms with Crippen molar-refractivity contribution in [1.82, 2.24) is 36.1 Å². The molecule has 0 saturated carbocycles. The van der Waals surface area contributed by atoms with Gasteiger partial charge < -0.3 is 5.32 Å². The molecule has 2 N–H and O–H groups in total. The highest BCUT2D eigenvalue weighted by Crippen LogP contribution is 2.10. The molecule has 2 aromatic heterocycles. The minimum absolute atomic E-state index is 0.216. The molecule has 1 atom stereocenters. The maximum Gasteiger partial charge on any atom is 0.253 e. The predicted molar refractivity (Wildman–Crippen MR) is 66.2 cm³/mol. The molecule has 2 aromatic rings. The summed E-state index contributed by atoms with van der Waals surface area (Å²) in [4.78, 5) is 12.2. The van der Waals surface area contributed by atoms with Crippen molar-refractivity contribution in [2.75, 3.05) is 0 Å². The highest BCUT2D eigenvalue weighted by atomic mass is 16.1. The van der Waals surface area contributed by atoms with Crippen LogP contribution in [0.2, 0.25) is 0 Å². The normalized spacial score (nSPS) is 12.2. The van der Waals surface area contributed by atoms with Crippen molar-refractivity contribution in [1.29, 1.82) is 0 Å². The molecule has 0 aliphatic heterocycles. The number of tetrazole rings is 1. The zero-order valence-corrected chi connectivity index (χ0v) is 11.0. The SMILES string of the molecule is CCc1nnc(C)cc1C(=O)NC(C)c1nn[nH]n1. The molecule has 0 fully saturated rings. The highest BCUT2D eigenvalue weighted by Gasteiger charge is 2.18. The summed E-state index contributed by atoms with van der Waals surface area (Å²) in [6.45, 7) is 5.51. The number of rotatable bonds is 4. The summed E-state index contributed by atoms with van der Waals surface area (Å²) in [6.07, 6.45) is 0.645. The summed E-state index contributed by atoms with van der Waals surface area (Å²) >= 11 is 0. The van der Waals surface area contributed by atoms with E-state index >= 15 is 0 Å². The Morgan fingerprint density at radius 1 is 1.42 bits per heavy atom. The number of carbonyl (C=O) groups excluding carboxylic acids is 1. The third kappa shape index (κ3) is 2.90. The minimum Gasteiger partial charge on any atom is -0.342 e. The van der Waals surface area contributed by atoms with Crippen molar-refractivity contribution >= 4 is 5.91 Å². The van der Waals surface area contributed by atoms with Crippen molar-refractivity contribution in [3.63, 3.8) is 0 Å². The van der Waals surface area contributed by atoms with Gasteiger partial charge in [-0.1, -0.05) is 12.1 Å². The molecule has 1 unspecified atom stereocenters. The number of nitrogens with one attached hydrogen (secondary N) is 2. The lowest BCUT2D eigenvalue weighted by atomic mass is 10.1. The molecule has 0 aliphatic rings. The van der Waals surface area contributed by atoms with E-state index in [1.54, 1.807) is 19.9 Å². The highest BCUT2D eigenvalue weighted by molar-refractivity contribution is 5.95. The number of amides is 1. The van der Waals surface area contributed by atoms with Crippen LogP contribution in [0.25, 0.3) is 0 Å². The molecule has 19 heavy (non-hydrogen) atoms. The van der Waals surface area contributed by atoms with E-state index in [4.69, 9.17) is 0 Å². The third-order valence-electron chi connectivity index (χ3n) is 2.67. The van der Waals surface area contributed by atoms with Gasteiger partial charge in [0.25, 0.3) is 5.91 Å². The van der Waals surface area contributed by atoms with Crippen LogP contribution in [0, 0.1) is 6.92 Å². The number of carbonyl (C=O) groups is 1. The predicted octanol–water partition coefficient (Wildman–Crippen LogP) is 0.352. The molecule has 0 aliphatic carbocycles. The average Bonchev–Trinajstić information content (AvgIpc) is 2.92. The Hall–Kier alpha value is -2.38. The van der Waals surface area contributed by atoms with E-state index in [0.29, 0.717) is 29.2 Å². The standard InChI is InChI=1S/C11H15N7O/c1-4-9-8(5-6(2)13-14-9)11(19)12-7(3)10-15-17-18-16-10/h5,7H,4H2,1-3H3,(H,12,19)(H,15,16,17,18). The van der Waals surface area contributed by atoms with Crippen molar-refractivity contribution in [3.05, 3.63) is 28.8 Å². The third-order valence-corrected chi connectivity index (χ3v) is 2.67. The topological polar surface area (TPSA) is 109 Å². The van der Waals surface area contributed by atoms with Gasteiger partial charge >= 0.3 is 0 Å². The molecule has 2 heterocycles. The Morgan fingerprint density at radius 3 is 2.84 bits per heavy atom. The van der Waals surface area contributed by atoms with Gasteiger partial charge in [0.1, 0.15) is 0 Å². The lowest BCUT2D eigenvalue weighted by Gasteiger charge is -2.11. The Balaban J connectivity index is 2.18. The van der Waals surface area contributed by atoms with Gasteiger partial charge in [-0.3, -0.25) is 4.79 Å². The van der Waals surface area contributed by atoms with Gasteiger partial charge in [0.05, 0.1) is 23.0 Å². The van der Waals surface area contributed by atoms with Gasteiger partial charge in [0.15, 0.2) is 5.82 Å². The lowest BCUT2D eigenvalue weighted by Crippen LogP contribution is -2.28.